The molecule has 2 amide bonds. The summed E-state index contributed by atoms with van der Waals surface area (Å²) in [6.45, 7) is 5.82. The normalized spacial score (nSPS) is 16.3. The summed E-state index contributed by atoms with van der Waals surface area (Å²) >= 11 is 0. The Bertz CT molecular complexity index is 257. The summed E-state index contributed by atoms with van der Waals surface area (Å²) in [5.41, 5.74) is 0. The summed E-state index contributed by atoms with van der Waals surface area (Å²) in [5.74, 6) is -0.1000. The third kappa shape index (κ3) is 3.06. The van der Waals surface area contributed by atoms with Crippen molar-refractivity contribution < 1.29 is 14.3 Å². The topological polar surface area (TPSA) is 49.9 Å². The lowest BCUT2D eigenvalue weighted by Gasteiger charge is -2.34. The maximum Gasteiger partial charge on any atom is 0.248 e. The largest absolute Gasteiger partial charge is 0.375 e. The summed E-state index contributed by atoms with van der Waals surface area (Å²) in [6.07, 6.45) is 1.30. The van der Waals surface area contributed by atoms with Gasteiger partial charge in [-0.2, -0.15) is 0 Å². The summed E-state index contributed by atoms with van der Waals surface area (Å²) < 4.78 is 4.76. The van der Waals surface area contributed by atoms with Gasteiger partial charge < -0.3 is 14.5 Å². The molecule has 5 heteroatoms. The minimum absolute atomic E-state index is 0.0248. The van der Waals surface area contributed by atoms with E-state index < -0.39 is 0 Å². The predicted octanol–water partition coefficient (Wildman–Crippen LogP) is -0.510. The van der Waals surface area contributed by atoms with Crippen molar-refractivity contribution in [1.29, 1.82) is 0 Å². The molecule has 0 spiro atoms. The molecular weight excluding hydrogens is 196 g/mol. The van der Waals surface area contributed by atoms with Gasteiger partial charge in [-0.05, 0) is 6.08 Å². The first-order chi connectivity index (χ1) is 7.19. The van der Waals surface area contributed by atoms with Crippen LogP contribution in [0.3, 0.4) is 0 Å². The van der Waals surface area contributed by atoms with E-state index in [2.05, 4.69) is 6.58 Å². The second-order valence-corrected chi connectivity index (χ2v) is 3.34. The average Bonchev–Trinajstić information content (AvgIpc) is 2.28. The Morgan fingerprint density at radius 1 is 1.27 bits per heavy atom. The van der Waals surface area contributed by atoms with Crippen LogP contribution in [-0.4, -0.2) is 61.5 Å². The highest BCUT2D eigenvalue weighted by Crippen LogP contribution is 2.02. The molecule has 0 saturated carbocycles. The van der Waals surface area contributed by atoms with Crippen molar-refractivity contribution in [3.8, 4) is 0 Å². The minimum atomic E-state index is -0.0751. The molecule has 1 aliphatic heterocycles. The first-order valence-corrected chi connectivity index (χ1v) is 4.87. The zero-order valence-electron chi connectivity index (χ0n) is 8.94. The van der Waals surface area contributed by atoms with Gasteiger partial charge in [-0.3, -0.25) is 9.59 Å². The molecule has 0 atom stereocenters. The molecule has 1 heterocycles. The fourth-order valence-electron chi connectivity index (χ4n) is 1.52. The smallest absolute Gasteiger partial charge is 0.248 e. The first-order valence-electron chi connectivity index (χ1n) is 4.87. The van der Waals surface area contributed by atoms with Gasteiger partial charge in [0.25, 0.3) is 0 Å². The van der Waals surface area contributed by atoms with Crippen LogP contribution in [0.2, 0.25) is 0 Å². The van der Waals surface area contributed by atoms with Crippen LogP contribution in [0, 0.1) is 0 Å². The van der Waals surface area contributed by atoms with Gasteiger partial charge in [0.2, 0.25) is 11.8 Å². The van der Waals surface area contributed by atoms with Gasteiger partial charge in [0, 0.05) is 33.3 Å². The highest BCUT2D eigenvalue weighted by atomic mass is 16.5. The van der Waals surface area contributed by atoms with Gasteiger partial charge in [-0.1, -0.05) is 6.58 Å². The molecule has 84 valence electrons. The first kappa shape index (κ1) is 11.7. The van der Waals surface area contributed by atoms with Crippen molar-refractivity contribution in [2.24, 2.45) is 0 Å². The number of rotatable bonds is 3. The minimum Gasteiger partial charge on any atom is -0.375 e. The van der Waals surface area contributed by atoms with Crippen molar-refractivity contribution in [3.05, 3.63) is 12.7 Å². The van der Waals surface area contributed by atoms with Crippen LogP contribution in [0.15, 0.2) is 12.7 Å². The van der Waals surface area contributed by atoms with E-state index in [1.165, 1.54) is 13.2 Å². The Kier molecular flexibility index (Phi) is 4.30. The van der Waals surface area contributed by atoms with Gasteiger partial charge >= 0.3 is 0 Å². The van der Waals surface area contributed by atoms with E-state index in [9.17, 15) is 9.59 Å². The molecule has 0 N–H and O–H groups in total. The number of hydrogen-bond donors (Lipinski definition) is 0. The molecule has 5 nitrogen and oxygen atoms in total. The lowest BCUT2D eigenvalue weighted by molar-refractivity contribution is -0.140. The van der Waals surface area contributed by atoms with E-state index in [1.807, 2.05) is 0 Å². The van der Waals surface area contributed by atoms with E-state index in [0.717, 1.165) is 0 Å². The van der Waals surface area contributed by atoms with Crippen LogP contribution in [0.1, 0.15) is 0 Å². The summed E-state index contributed by atoms with van der Waals surface area (Å²) in [7, 11) is 1.50. The maximum atomic E-state index is 11.4. The van der Waals surface area contributed by atoms with Crippen LogP contribution >= 0.6 is 0 Å². The van der Waals surface area contributed by atoms with Crippen molar-refractivity contribution in [1.82, 2.24) is 9.80 Å². The predicted molar refractivity (Wildman–Crippen MR) is 55.2 cm³/mol. The third-order valence-corrected chi connectivity index (χ3v) is 2.39. The van der Waals surface area contributed by atoms with Gasteiger partial charge in [0.15, 0.2) is 0 Å². The molecule has 0 bridgehead atoms. The molecule has 1 saturated heterocycles. The number of carbonyl (C=O) groups is 2. The van der Waals surface area contributed by atoms with Crippen molar-refractivity contribution in [2.45, 2.75) is 0 Å². The van der Waals surface area contributed by atoms with Crippen molar-refractivity contribution in [3.63, 3.8) is 0 Å². The Morgan fingerprint density at radius 3 is 2.27 bits per heavy atom. The zero-order chi connectivity index (χ0) is 11.3. The molecule has 0 aromatic carbocycles. The van der Waals surface area contributed by atoms with Crippen LogP contribution in [0.4, 0.5) is 0 Å². The number of methoxy groups -OCH3 is 1. The summed E-state index contributed by atoms with van der Waals surface area (Å²) in [5, 5.41) is 0. The third-order valence-electron chi connectivity index (χ3n) is 2.39. The van der Waals surface area contributed by atoms with Crippen LogP contribution in [0.5, 0.6) is 0 Å². The highest BCUT2D eigenvalue weighted by molar-refractivity contribution is 5.87. The molecule has 1 rings (SSSR count). The molecule has 1 fully saturated rings. The van der Waals surface area contributed by atoms with Crippen LogP contribution < -0.4 is 0 Å². The van der Waals surface area contributed by atoms with E-state index in [1.54, 1.807) is 9.80 Å². The molecule has 0 aliphatic carbocycles. The van der Waals surface area contributed by atoms with Gasteiger partial charge in [-0.15, -0.1) is 0 Å². The van der Waals surface area contributed by atoms with Gasteiger partial charge in [-0.25, -0.2) is 0 Å². The molecule has 1 aliphatic rings. The van der Waals surface area contributed by atoms with Crippen molar-refractivity contribution >= 4 is 11.8 Å². The highest BCUT2D eigenvalue weighted by Gasteiger charge is 2.22. The lowest BCUT2D eigenvalue weighted by atomic mass is 10.3. The van der Waals surface area contributed by atoms with E-state index in [4.69, 9.17) is 4.74 Å². The monoisotopic (exact) mass is 212 g/mol. The number of ether oxygens (including phenoxy) is 1. The average molecular weight is 212 g/mol. The van der Waals surface area contributed by atoms with Crippen molar-refractivity contribution in [2.75, 3.05) is 39.9 Å². The number of carbonyl (C=O) groups excluding carboxylic acids is 2. The van der Waals surface area contributed by atoms with E-state index >= 15 is 0 Å². The molecule has 0 unspecified atom stereocenters. The Balaban J connectivity index is 2.38. The fourth-order valence-corrected chi connectivity index (χ4v) is 1.52. The second kappa shape index (κ2) is 5.50. The fraction of sp³-hybridized carbons (Fsp3) is 0.600. The molecule has 15 heavy (non-hydrogen) atoms. The summed E-state index contributed by atoms with van der Waals surface area (Å²) in [4.78, 5) is 26.1. The number of hydrogen-bond acceptors (Lipinski definition) is 3. The van der Waals surface area contributed by atoms with Crippen LogP contribution in [-0.2, 0) is 14.3 Å². The quantitative estimate of drug-likeness (QED) is 0.592. The molecular formula is C10H16N2O3. The Morgan fingerprint density at radius 2 is 1.80 bits per heavy atom. The molecule has 0 aromatic rings. The van der Waals surface area contributed by atoms with Crippen LogP contribution in [0.25, 0.3) is 0 Å². The number of piperazine rings is 1. The zero-order valence-corrected chi connectivity index (χ0v) is 8.94. The number of amides is 2. The number of nitrogens with zero attached hydrogens (tertiary/aromatic N) is 2. The molecule has 0 aromatic heterocycles. The Hall–Kier alpha value is -1.36. The van der Waals surface area contributed by atoms with Gasteiger partial charge in [0.05, 0.1) is 0 Å². The SMILES string of the molecule is C=CC(=O)N1CCN(C(=O)COC)CC1. The molecule has 0 radical (unpaired) electrons. The Labute approximate surface area is 89.3 Å². The maximum absolute atomic E-state index is 11.4. The summed E-state index contributed by atoms with van der Waals surface area (Å²) in [6, 6.07) is 0. The second-order valence-electron chi connectivity index (χ2n) is 3.34. The lowest BCUT2D eigenvalue weighted by Crippen LogP contribution is -2.51. The van der Waals surface area contributed by atoms with E-state index in [-0.39, 0.29) is 18.4 Å². The standard InChI is InChI=1S/C10H16N2O3/c1-3-9(13)11-4-6-12(7-5-11)10(14)8-15-2/h3H,1,4-8H2,2H3. The van der Waals surface area contributed by atoms with Gasteiger partial charge in [0.1, 0.15) is 6.61 Å². The van der Waals surface area contributed by atoms with E-state index in [0.29, 0.717) is 26.2 Å².